The lowest BCUT2D eigenvalue weighted by Gasteiger charge is -2.63. The summed E-state index contributed by atoms with van der Waals surface area (Å²) in [5.74, 6) is 0.813. The number of nitrogens with two attached hydrogens (primary N) is 1. The van der Waals surface area contributed by atoms with Gasteiger partial charge in [0.1, 0.15) is 12.2 Å². The Morgan fingerprint density at radius 2 is 1.81 bits per heavy atom. The number of carbonyl (C=O) groups is 1. The Morgan fingerprint density at radius 3 is 2.45 bits per heavy atom. The molecule has 1 amide bonds. The van der Waals surface area contributed by atoms with Gasteiger partial charge in [-0.1, -0.05) is 27.2 Å². The molecular formula is C33H56N2O7. The van der Waals surface area contributed by atoms with Crippen LogP contribution in [0.15, 0.2) is 0 Å². The number of aliphatic hydroxyl groups excluding tert-OH is 1. The molecule has 2 heterocycles. The first-order valence-electron chi connectivity index (χ1n) is 16.6. The number of ether oxygens (including phenoxy) is 4. The highest BCUT2D eigenvalue weighted by Gasteiger charge is 2.71. The van der Waals surface area contributed by atoms with Crippen LogP contribution in [-0.2, 0) is 18.9 Å². The molecule has 2 aliphatic heterocycles. The third-order valence-electron chi connectivity index (χ3n) is 13.5. The highest BCUT2D eigenvalue weighted by Crippen LogP contribution is 2.69. The minimum atomic E-state index is -1.05. The summed E-state index contributed by atoms with van der Waals surface area (Å²) in [6, 6.07) is 0.0583. The summed E-state index contributed by atoms with van der Waals surface area (Å²) in [6.07, 6.45) is 7.47. The zero-order valence-corrected chi connectivity index (χ0v) is 26.7. The topological polar surface area (TPSA) is 132 Å². The number of carbonyl (C=O) groups excluding carboxylic acids is 1. The van der Waals surface area contributed by atoms with Gasteiger partial charge < -0.3 is 40.2 Å². The normalized spacial score (nSPS) is 47.5. The Hall–Kier alpha value is -0.970. The second-order valence-electron chi connectivity index (χ2n) is 16.3. The molecule has 6 aliphatic rings. The number of fused-ring (bicyclic) bond motifs is 5. The van der Waals surface area contributed by atoms with Crippen molar-refractivity contribution in [1.29, 1.82) is 0 Å². The molecule has 42 heavy (non-hydrogen) atoms. The van der Waals surface area contributed by atoms with E-state index in [-0.39, 0.29) is 58.5 Å². The van der Waals surface area contributed by atoms with Crippen LogP contribution in [0.1, 0.15) is 98.8 Å². The zero-order valence-electron chi connectivity index (χ0n) is 26.7. The van der Waals surface area contributed by atoms with E-state index in [9.17, 15) is 15.0 Å². The molecule has 1 spiro atoms. The summed E-state index contributed by atoms with van der Waals surface area (Å²) < 4.78 is 23.7. The van der Waals surface area contributed by atoms with Gasteiger partial charge >= 0.3 is 6.09 Å². The van der Waals surface area contributed by atoms with Gasteiger partial charge in [-0.3, -0.25) is 0 Å². The Labute approximate surface area is 251 Å². The van der Waals surface area contributed by atoms with E-state index in [0.717, 1.165) is 64.2 Å². The van der Waals surface area contributed by atoms with E-state index in [1.54, 1.807) is 21.0 Å². The lowest BCUT2D eigenvalue weighted by molar-refractivity contribution is -0.198. The first kappa shape index (κ1) is 31.0. The van der Waals surface area contributed by atoms with Crippen LogP contribution in [0.2, 0.25) is 0 Å². The fraction of sp³-hybridized carbons (Fsp3) is 0.970. The fourth-order valence-corrected chi connectivity index (χ4v) is 11.3. The minimum absolute atomic E-state index is 0.0583. The molecule has 4 aliphatic carbocycles. The summed E-state index contributed by atoms with van der Waals surface area (Å²) in [7, 11) is 1.62. The van der Waals surface area contributed by atoms with Crippen molar-refractivity contribution in [3.63, 3.8) is 0 Å². The molecule has 6 rings (SSSR count). The molecule has 0 aromatic carbocycles. The van der Waals surface area contributed by atoms with Gasteiger partial charge in [0.15, 0.2) is 0 Å². The van der Waals surface area contributed by atoms with Crippen molar-refractivity contribution in [2.24, 2.45) is 39.7 Å². The van der Waals surface area contributed by atoms with Crippen LogP contribution in [-0.4, -0.2) is 84.3 Å². The number of hydrogen-bond acceptors (Lipinski definition) is 8. The number of amides is 1. The summed E-state index contributed by atoms with van der Waals surface area (Å²) >= 11 is 0. The maximum absolute atomic E-state index is 12.7. The van der Waals surface area contributed by atoms with Crippen molar-refractivity contribution in [3.8, 4) is 0 Å². The number of rotatable bonds is 5. The summed E-state index contributed by atoms with van der Waals surface area (Å²) in [6.45, 7) is 11.6. The average molecular weight is 593 g/mol. The van der Waals surface area contributed by atoms with Gasteiger partial charge in [-0.05, 0) is 100 Å². The average Bonchev–Trinajstić information content (AvgIpc) is 3.05. The quantitative estimate of drug-likeness (QED) is 0.378. The van der Waals surface area contributed by atoms with Crippen LogP contribution >= 0.6 is 0 Å². The number of aliphatic hydroxyl groups is 2. The Morgan fingerprint density at radius 1 is 1.07 bits per heavy atom. The van der Waals surface area contributed by atoms with Gasteiger partial charge in [-0.2, -0.15) is 0 Å². The van der Waals surface area contributed by atoms with E-state index in [0.29, 0.717) is 19.1 Å². The molecule has 9 heteroatoms. The van der Waals surface area contributed by atoms with Crippen LogP contribution in [0.25, 0.3) is 0 Å². The van der Waals surface area contributed by atoms with Gasteiger partial charge in [-0.25, -0.2) is 4.79 Å². The standard InChI is InChI=1S/C33H56N2O7/c1-29(2)23-11-8-19-16-32(23,15-12-24(29)42-28(37)35-20-17-40-18-20)14-7-13-31(5)21-9-10-22(27(39-6)30(3,4)38)41-25(21)26(36)33(19,31)34/h19-27,36,38H,7-18,34H2,1-6H3,(H,35,37). The second kappa shape index (κ2) is 10.5. The summed E-state index contributed by atoms with van der Waals surface area (Å²) in [5.41, 5.74) is 5.58. The zero-order chi connectivity index (χ0) is 30.3. The Balaban J connectivity index is 1.23. The van der Waals surface area contributed by atoms with Gasteiger partial charge in [0, 0.05) is 12.5 Å². The van der Waals surface area contributed by atoms with Gasteiger partial charge in [0.25, 0.3) is 0 Å². The summed E-state index contributed by atoms with van der Waals surface area (Å²) in [5, 5.41) is 25.9. The first-order chi connectivity index (χ1) is 19.7. The Kier molecular flexibility index (Phi) is 7.79. The molecule has 11 unspecified atom stereocenters. The van der Waals surface area contributed by atoms with E-state index >= 15 is 0 Å². The third kappa shape index (κ3) is 4.58. The molecule has 0 radical (unpaired) electrons. The third-order valence-corrected chi connectivity index (χ3v) is 13.5. The van der Waals surface area contributed by atoms with E-state index in [1.807, 2.05) is 0 Å². The maximum atomic E-state index is 12.7. The molecule has 2 saturated heterocycles. The number of hydrogen-bond donors (Lipinski definition) is 4. The van der Waals surface area contributed by atoms with Crippen LogP contribution in [0.5, 0.6) is 0 Å². The molecule has 9 nitrogen and oxygen atoms in total. The number of alkyl carbamates (subject to hydrolysis) is 1. The fourth-order valence-electron chi connectivity index (χ4n) is 11.3. The van der Waals surface area contributed by atoms with Crippen LogP contribution < -0.4 is 11.1 Å². The predicted octanol–water partition coefficient (Wildman–Crippen LogP) is 3.91. The van der Waals surface area contributed by atoms with E-state index in [2.05, 4.69) is 26.1 Å². The SMILES string of the molecule is COC(C1CCC2C(O1)C(O)C1(N)C3CCC4C(CCCC21C)(CCC(OC(=O)NC1COC1)C4(C)C)C3)C(C)(C)O. The molecule has 240 valence electrons. The molecule has 0 aromatic rings. The molecule has 11 atom stereocenters. The smallest absolute Gasteiger partial charge is 0.407 e. The maximum Gasteiger partial charge on any atom is 0.407 e. The highest BCUT2D eigenvalue weighted by atomic mass is 16.6. The molecule has 0 aromatic heterocycles. The van der Waals surface area contributed by atoms with E-state index < -0.39 is 23.3 Å². The lowest BCUT2D eigenvalue weighted by atomic mass is 9.43. The van der Waals surface area contributed by atoms with Crippen LogP contribution in [0.4, 0.5) is 4.79 Å². The van der Waals surface area contributed by atoms with Crippen molar-refractivity contribution >= 4 is 6.09 Å². The van der Waals surface area contributed by atoms with Crippen molar-refractivity contribution in [2.75, 3.05) is 20.3 Å². The molecule has 5 N–H and O–H groups in total. The number of methoxy groups -OCH3 is 1. The predicted molar refractivity (Wildman–Crippen MR) is 158 cm³/mol. The molecule has 4 saturated carbocycles. The van der Waals surface area contributed by atoms with Gasteiger partial charge in [0.05, 0.1) is 48.7 Å². The van der Waals surface area contributed by atoms with Crippen molar-refractivity contribution in [1.82, 2.24) is 5.32 Å². The Bertz CT molecular complexity index is 1030. The van der Waals surface area contributed by atoms with Crippen molar-refractivity contribution in [3.05, 3.63) is 0 Å². The molecule has 6 fully saturated rings. The monoisotopic (exact) mass is 592 g/mol. The van der Waals surface area contributed by atoms with Gasteiger partial charge in [-0.15, -0.1) is 0 Å². The van der Waals surface area contributed by atoms with E-state index in [4.69, 9.17) is 24.7 Å². The summed E-state index contributed by atoms with van der Waals surface area (Å²) in [4.78, 5) is 12.7. The van der Waals surface area contributed by atoms with Crippen LogP contribution in [0.3, 0.4) is 0 Å². The second-order valence-corrected chi connectivity index (χ2v) is 16.3. The van der Waals surface area contributed by atoms with Crippen molar-refractivity contribution < 1.29 is 34.0 Å². The van der Waals surface area contributed by atoms with E-state index in [1.165, 1.54) is 0 Å². The first-order valence-corrected chi connectivity index (χ1v) is 16.6. The van der Waals surface area contributed by atoms with Crippen LogP contribution in [0, 0.1) is 34.0 Å². The molecular weight excluding hydrogens is 536 g/mol. The number of nitrogens with one attached hydrogen (secondary N) is 1. The van der Waals surface area contributed by atoms with Crippen molar-refractivity contribution in [2.45, 2.75) is 147 Å². The highest BCUT2D eigenvalue weighted by molar-refractivity contribution is 5.68. The largest absolute Gasteiger partial charge is 0.446 e. The molecule has 2 bridgehead atoms. The minimum Gasteiger partial charge on any atom is -0.446 e. The van der Waals surface area contributed by atoms with Gasteiger partial charge in [0.2, 0.25) is 0 Å². The lowest BCUT2D eigenvalue weighted by Crippen LogP contribution is -2.67.